The number of nitrogens with zero attached hydrogens (tertiary/aromatic N) is 2. The maximum absolute atomic E-state index is 13.2. The molecule has 1 aliphatic heterocycles. The molecule has 1 N–H and O–H groups in total. The van der Waals surface area contributed by atoms with Crippen LogP contribution in [0, 0.1) is 11.7 Å². The minimum atomic E-state index is -0.333. The Labute approximate surface area is 159 Å². The van der Waals surface area contributed by atoms with Crippen molar-refractivity contribution in [2.45, 2.75) is 32.7 Å². The standard InChI is InChI=1S/C18H21BrFN3OS/c1-12-4-6-23(7-5-12)10-14-11-25-18(21-14)22-17(24)9-13-2-3-16(20)15(19)8-13/h2-3,8,11-12H,4-7,9-10H2,1H3,(H,21,22,24). The number of thiazole rings is 1. The molecule has 2 aromatic rings. The molecule has 3 rings (SSSR count). The lowest BCUT2D eigenvalue weighted by Gasteiger charge is -2.29. The van der Waals surface area contributed by atoms with E-state index in [1.165, 1.54) is 30.2 Å². The smallest absolute Gasteiger partial charge is 0.230 e. The van der Waals surface area contributed by atoms with Gasteiger partial charge in [0.2, 0.25) is 5.91 Å². The summed E-state index contributed by atoms with van der Waals surface area (Å²) in [7, 11) is 0. The van der Waals surface area contributed by atoms with E-state index in [4.69, 9.17) is 0 Å². The molecule has 1 amide bonds. The number of aromatic nitrogens is 1. The van der Waals surface area contributed by atoms with Crippen LogP contribution in [0.15, 0.2) is 28.1 Å². The molecule has 1 aromatic carbocycles. The van der Waals surface area contributed by atoms with Crippen LogP contribution in [0.2, 0.25) is 0 Å². The molecule has 0 saturated carbocycles. The van der Waals surface area contributed by atoms with Gasteiger partial charge in [-0.15, -0.1) is 11.3 Å². The van der Waals surface area contributed by atoms with Crippen molar-refractivity contribution in [3.05, 3.63) is 45.1 Å². The number of hydrogen-bond acceptors (Lipinski definition) is 4. The van der Waals surface area contributed by atoms with Crippen LogP contribution in [0.25, 0.3) is 0 Å². The van der Waals surface area contributed by atoms with Crippen LogP contribution in [0.3, 0.4) is 0 Å². The van der Waals surface area contributed by atoms with Crippen molar-refractivity contribution in [2.24, 2.45) is 5.92 Å². The second-order valence-electron chi connectivity index (χ2n) is 6.58. The zero-order chi connectivity index (χ0) is 17.8. The van der Waals surface area contributed by atoms with Gasteiger partial charge in [-0.2, -0.15) is 0 Å². The molecule has 7 heteroatoms. The van der Waals surface area contributed by atoms with Crippen molar-refractivity contribution in [2.75, 3.05) is 18.4 Å². The number of nitrogens with one attached hydrogen (secondary N) is 1. The Morgan fingerprint density at radius 1 is 1.44 bits per heavy atom. The number of carbonyl (C=O) groups excluding carboxylic acids is 1. The van der Waals surface area contributed by atoms with E-state index < -0.39 is 0 Å². The van der Waals surface area contributed by atoms with Crippen LogP contribution in [-0.4, -0.2) is 28.9 Å². The SMILES string of the molecule is CC1CCN(Cc2csc(NC(=O)Cc3ccc(F)c(Br)c3)n2)CC1. The zero-order valence-corrected chi connectivity index (χ0v) is 16.5. The van der Waals surface area contributed by atoms with Crippen molar-refractivity contribution in [3.8, 4) is 0 Å². The Morgan fingerprint density at radius 2 is 2.20 bits per heavy atom. The summed E-state index contributed by atoms with van der Waals surface area (Å²) >= 11 is 4.58. The summed E-state index contributed by atoms with van der Waals surface area (Å²) in [5, 5.41) is 5.45. The lowest BCUT2D eigenvalue weighted by molar-refractivity contribution is -0.115. The monoisotopic (exact) mass is 425 g/mol. The highest BCUT2D eigenvalue weighted by Gasteiger charge is 2.17. The van der Waals surface area contributed by atoms with Gasteiger partial charge in [0, 0.05) is 11.9 Å². The van der Waals surface area contributed by atoms with Crippen LogP contribution in [0.5, 0.6) is 0 Å². The molecule has 1 aromatic heterocycles. The van der Waals surface area contributed by atoms with Crippen LogP contribution in [-0.2, 0) is 17.8 Å². The van der Waals surface area contributed by atoms with Crippen molar-refractivity contribution in [1.82, 2.24) is 9.88 Å². The van der Waals surface area contributed by atoms with E-state index in [9.17, 15) is 9.18 Å². The topological polar surface area (TPSA) is 45.2 Å². The van der Waals surface area contributed by atoms with Gasteiger partial charge in [0.1, 0.15) is 5.82 Å². The van der Waals surface area contributed by atoms with E-state index in [1.807, 2.05) is 5.38 Å². The van der Waals surface area contributed by atoms with Gasteiger partial charge in [-0.25, -0.2) is 9.37 Å². The molecule has 1 saturated heterocycles. The predicted octanol–water partition coefficient (Wildman–Crippen LogP) is 4.46. The minimum Gasteiger partial charge on any atom is -0.302 e. The lowest BCUT2D eigenvalue weighted by Crippen LogP contribution is -2.32. The zero-order valence-electron chi connectivity index (χ0n) is 14.1. The number of likely N-dealkylation sites (tertiary alicyclic amines) is 1. The van der Waals surface area contributed by atoms with E-state index >= 15 is 0 Å². The first-order valence-electron chi connectivity index (χ1n) is 8.40. The number of hydrogen-bond donors (Lipinski definition) is 1. The quantitative estimate of drug-likeness (QED) is 0.768. The first-order valence-corrected chi connectivity index (χ1v) is 10.1. The summed E-state index contributed by atoms with van der Waals surface area (Å²) in [6.45, 7) is 5.36. The Hall–Kier alpha value is -1.31. The van der Waals surface area contributed by atoms with Crippen molar-refractivity contribution >= 4 is 38.3 Å². The first kappa shape index (κ1) is 18.5. The van der Waals surface area contributed by atoms with Crippen molar-refractivity contribution in [1.29, 1.82) is 0 Å². The maximum atomic E-state index is 13.2. The van der Waals surface area contributed by atoms with Gasteiger partial charge in [-0.1, -0.05) is 13.0 Å². The molecule has 0 aliphatic carbocycles. The average molecular weight is 426 g/mol. The first-order chi connectivity index (χ1) is 12.0. The number of rotatable bonds is 5. The molecule has 134 valence electrons. The van der Waals surface area contributed by atoms with E-state index in [0.717, 1.165) is 36.8 Å². The van der Waals surface area contributed by atoms with E-state index in [0.29, 0.717) is 9.60 Å². The molecule has 25 heavy (non-hydrogen) atoms. The summed E-state index contributed by atoms with van der Waals surface area (Å²) < 4.78 is 13.6. The number of anilines is 1. The highest BCUT2D eigenvalue weighted by atomic mass is 79.9. The lowest BCUT2D eigenvalue weighted by atomic mass is 9.99. The fraction of sp³-hybridized carbons (Fsp3) is 0.444. The van der Waals surface area contributed by atoms with Crippen molar-refractivity contribution < 1.29 is 9.18 Å². The van der Waals surface area contributed by atoms with Gasteiger partial charge in [0.25, 0.3) is 0 Å². The summed E-state index contributed by atoms with van der Waals surface area (Å²) in [5.74, 6) is 0.333. The molecule has 0 unspecified atom stereocenters. The molecule has 0 atom stereocenters. The minimum absolute atomic E-state index is 0.147. The Kier molecular flexibility index (Phi) is 6.19. The van der Waals surface area contributed by atoms with Crippen LogP contribution in [0.4, 0.5) is 9.52 Å². The summed E-state index contributed by atoms with van der Waals surface area (Å²) in [6, 6.07) is 4.59. The van der Waals surface area contributed by atoms with Gasteiger partial charge in [0.05, 0.1) is 16.6 Å². The van der Waals surface area contributed by atoms with E-state index in [2.05, 4.69) is 38.1 Å². The molecular weight excluding hydrogens is 405 g/mol. The number of carbonyl (C=O) groups is 1. The fourth-order valence-corrected chi connectivity index (χ4v) is 4.03. The highest BCUT2D eigenvalue weighted by molar-refractivity contribution is 9.10. The largest absolute Gasteiger partial charge is 0.302 e. The summed E-state index contributed by atoms with van der Waals surface area (Å²) in [5.41, 5.74) is 1.75. The van der Waals surface area contributed by atoms with Gasteiger partial charge in [-0.05, 0) is 65.5 Å². The third-order valence-electron chi connectivity index (χ3n) is 4.41. The maximum Gasteiger partial charge on any atom is 0.230 e. The molecule has 0 spiro atoms. The summed E-state index contributed by atoms with van der Waals surface area (Å²) in [4.78, 5) is 19.1. The van der Waals surface area contributed by atoms with Crippen LogP contribution < -0.4 is 5.32 Å². The summed E-state index contributed by atoms with van der Waals surface area (Å²) in [6.07, 6.45) is 2.67. The molecule has 1 fully saturated rings. The van der Waals surface area contributed by atoms with Gasteiger partial charge in [-0.3, -0.25) is 9.69 Å². The van der Waals surface area contributed by atoms with E-state index in [1.54, 1.807) is 12.1 Å². The molecule has 0 bridgehead atoms. The number of benzene rings is 1. The average Bonchev–Trinajstić information content (AvgIpc) is 3.00. The third kappa shape index (κ3) is 5.33. The number of amides is 1. The molecule has 4 nitrogen and oxygen atoms in total. The predicted molar refractivity (Wildman–Crippen MR) is 102 cm³/mol. The van der Waals surface area contributed by atoms with Gasteiger partial charge >= 0.3 is 0 Å². The van der Waals surface area contributed by atoms with Gasteiger partial charge < -0.3 is 5.32 Å². The van der Waals surface area contributed by atoms with E-state index in [-0.39, 0.29) is 18.1 Å². The number of piperidine rings is 1. The van der Waals surface area contributed by atoms with Gasteiger partial charge in [0.15, 0.2) is 5.13 Å². The second kappa shape index (κ2) is 8.38. The second-order valence-corrected chi connectivity index (χ2v) is 8.29. The fourth-order valence-electron chi connectivity index (χ4n) is 2.88. The number of halogens is 2. The molecule has 2 heterocycles. The third-order valence-corrected chi connectivity index (χ3v) is 5.82. The molecular formula is C18H21BrFN3OS. The van der Waals surface area contributed by atoms with Crippen molar-refractivity contribution in [3.63, 3.8) is 0 Å². The Balaban J connectivity index is 1.52. The molecule has 1 aliphatic rings. The molecule has 0 radical (unpaired) electrons. The Bertz CT molecular complexity index is 744. The Morgan fingerprint density at radius 3 is 2.92 bits per heavy atom. The van der Waals surface area contributed by atoms with Crippen LogP contribution in [0.1, 0.15) is 31.0 Å². The van der Waals surface area contributed by atoms with Crippen LogP contribution >= 0.6 is 27.3 Å². The normalized spacial score (nSPS) is 16.1. The highest BCUT2D eigenvalue weighted by Crippen LogP contribution is 2.22.